The molecular weight excluding hydrogens is 174 g/mol. The first-order valence-corrected chi connectivity index (χ1v) is 5.67. The molecule has 0 fully saturated rings. The van der Waals surface area contributed by atoms with Crippen molar-refractivity contribution in [2.75, 3.05) is 11.9 Å². The van der Waals surface area contributed by atoms with E-state index in [2.05, 4.69) is 16.8 Å². The maximum absolute atomic E-state index is 4.69. The summed E-state index contributed by atoms with van der Waals surface area (Å²) in [5.74, 6) is 1.94. The minimum atomic E-state index is 0.819. The van der Waals surface area contributed by atoms with Crippen LogP contribution in [-0.2, 0) is 19.4 Å². The van der Waals surface area contributed by atoms with E-state index in [0.717, 1.165) is 18.4 Å². The lowest BCUT2D eigenvalue weighted by Gasteiger charge is -2.21. The summed E-state index contributed by atoms with van der Waals surface area (Å²) in [4.78, 5) is 4.69. The summed E-state index contributed by atoms with van der Waals surface area (Å²) in [5, 5.41) is 3.39. The number of fused-ring (bicyclic) bond motifs is 3. The number of hydrogen-bond acceptors (Lipinski definition) is 2. The molecule has 2 aliphatic rings. The van der Waals surface area contributed by atoms with Gasteiger partial charge in [0.05, 0.1) is 5.69 Å². The van der Waals surface area contributed by atoms with Gasteiger partial charge >= 0.3 is 0 Å². The molecule has 14 heavy (non-hydrogen) atoms. The third-order valence-electron chi connectivity index (χ3n) is 3.41. The van der Waals surface area contributed by atoms with E-state index in [1.807, 2.05) is 0 Å². The van der Waals surface area contributed by atoms with Crippen LogP contribution < -0.4 is 5.32 Å². The van der Waals surface area contributed by atoms with Gasteiger partial charge in [-0.3, -0.25) is 0 Å². The van der Waals surface area contributed by atoms with E-state index in [0.29, 0.717) is 0 Å². The molecule has 0 radical (unpaired) electrons. The molecule has 3 rings (SSSR count). The molecule has 1 aliphatic carbocycles. The number of rotatable bonds is 0. The molecule has 0 aromatic carbocycles. The Morgan fingerprint density at radius 1 is 1.50 bits per heavy atom. The van der Waals surface area contributed by atoms with Crippen molar-refractivity contribution in [2.24, 2.45) is 5.92 Å². The van der Waals surface area contributed by atoms with Crippen LogP contribution in [-0.4, -0.2) is 16.1 Å². The van der Waals surface area contributed by atoms with Crippen molar-refractivity contribution in [3.05, 3.63) is 11.4 Å². The lowest BCUT2D eigenvalue weighted by Crippen LogP contribution is -2.20. The zero-order chi connectivity index (χ0) is 9.54. The summed E-state index contributed by atoms with van der Waals surface area (Å²) in [6, 6.07) is 0. The van der Waals surface area contributed by atoms with Gasteiger partial charge in [-0.15, -0.1) is 0 Å². The fraction of sp³-hybridized carbons (Fsp3) is 0.727. The second-order valence-electron chi connectivity index (χ2n) is 4.61. The molecular formula is C11H17N3. The largest absolute Gasteiger partial charge is 0.356 e. The molecule has 1 aromatic heterocycles. The molecule has 1 N–H and O–H groups in total. The number of aromatic nitrogens is 2. The third-order valence-corrected chi connectivity index (χ3v) is 3.41. The summed E-state index contributed by atoms with van der Waals surface area (Å²) in [6.07, 6.45) is 4.98. The molecule has 0 saturated heterocycles. The maximum Gasteiger partial charge on any atom is 0.203 e. The summed E-state index contributed by atoms with van der Waals surface area (Å²) >= 11 is 0. The summed E-state index contributed by atoms with van der Waals surface area (Å²) < 4.78 is 2.39. The Morgan fingerprint density at radius 2 is 2.43 bits per heavy atom. The predicted molar refractivity (Wildman–Crippen MR) is 56.5 cm³/mol. The fourth-order valence-corrected chi connectivity index (χ4v) is 2.61. The smallest absolute Gasteiger partial charge is 0.203 e. The zero-order valence-electron chi connectivity index (χ0n) is 8.71. The number of anilines is 1. The number of nitrogens with one attached hydrogen (secondary N) is 1. The van der Waals surface area contributed by atoms with E-state index < -0.39 is 0 Å². The van der Waals surface area contributed by atoms with Crippen molar-refractivity contribution in [3.8, 4) is 0 Å². The van der Waals surface area contributed by atoms with Crippen LogP contribution in [0.3, 0.4) is 0 Å². The van der Waals surface area contributed by atoms with Crippen LogP contribution in [0, 0.1) is 5.92 Å². The Labute approximate surface area is 84.5 Å². The van der Waals surface area contributed by atoms with Gasteiger partial charge in [-0.1, -0.05) is 6.92 Å². The van der Waals surface area contributed by atoms with Crippen LogP contribution in [0.2, 0.25) is 0 Å². The standard InChI is InChI=1S/C11H17N3/c1-8-3-4-10-9(7-8)13-11-12-5-2-6-14(10)11/h8H,2-7H2,1H3,(H,12,13). The van der Waals surface area contributed by atoms with Gasteiger partial charge in [-0.25, -0.2) is 4.98 Å². The quantitative estimate of drug-likeness (QED) is 0.678. The van der Waals surface area contributed by atoms with E-state index in [1.54, 1.807) is 0 Å². The molecule has 2 heterocycles. The van der Waals surface area contributed by atoms with Gasteiger partial charge in [0.25, 0.3) is 0 Å². The van der Waals surface area contributed by atoms with Crippen molar-refractivity contribution in [1.82, 2.24) is 9.55 Å². The molecule has 0 spiro atoms. The predicted octanol–water partition coefficient (Wildman–Crippen LogP) is 1.82. The average molecular weight is 191 g/mol. The molecule has 3 heteroatoms. The van der Waals surface area contributed by atoms with Crippen molar-refractivity contribution in [2.45, 2.75) is 39.2 Å². The highest BCUT2D eigenvalue weighted by atomic mass is 15.2. The van der Waals surface area contributed by atoms with Gasteiger partial charge in [-0.05, 0) is 31.6 Å². The first-order valence-electron chi connectivity index (χ1n) is 5.67. The molecule has 1 unspecified atom stereocenters. The van der Waals surface area contributed by atoms with Crippen LogP contribution in [0.1, 0.15) is 31.2 Å². The number of nitrogens with zero attached hydrogens (tertiary/aromatic N) is 2. The number of hydrogen-bond donors (Lipinski definition) is 1. The van der Waals surface area contributed by atoms with E-state index in [1.165, 1.54) is 43.6 Å². The average Bonchev–Trinajstić information content (AvgIpc) is 2.54. The molecule has 3 nitrogen and oxygen atoms in total. The molecule has 0 bridgehead atoms. The van der Waals surface area contributed by atoms with Crippen LogP contribution in [0.25, 0.3) is 0 Å². The Kier molecular flexibility index (Phi) is 1.79. The zero-order valence-corrected chi connectivity index (χ0v) is 8.71. The van der Waals surface area contributed by atoms with Gasteiger partial charge in [0.1, 0.15) is 0 Å². The first kappa shape index (κ1) is 8.33. The Bertz CT molecular complexity index is 354. The normalized spacial score (nSPS) is 25.1. The highest BCUT2D eigenvalue weighted by Crippen LogP contribution is 2.29. The highest BCUT2D eigenvalue weighted by Gasteiger charge is 2.24. The van der Waals surface area contributed by atoms with Crippen LogP contribution >= 0.6 is 0 Å². The topological polar surface area (TPSA) is 29.9 Å². The molecule has 0 amide bonds. The van der Waals surface area contributed by atoms with Gasteiger partial charge in [0.15, 0.2) is 0 Å². The van der Waals surface area contributed by atoms with E-state index >= 15 is 0 Å². The van der Waals surface area contributed by atoms with E-state index in [9.17, 15) is 0 Å². The highest BCUT2D eigenvalue weighted by molar-refractivity contribution is 5.36. The lowest BCUT2D eigenvalue weighted by atomic mass is 9.91. The first-order chi connectivity index (χ1) is 6.84. The second kappa shape index (κ2) is 3.01. The Hall–Kier alpha value is -0.990. The van der Waals surface area contributed by atoms with Crippen molar-refractivity contribution in [1.29, 1.82) is 0 Å². The van der Waals surface area contributed by atoms with Gasteiger partial charge in [0.2, 0.25) is 5.95 Å². The van der Waals surface area contributed by atoms with E-state index in [4.69, 9.17) is 4.98 Å². The molecule has 1 aromatic rings. The minimum absolute atomic E-state index is 0.819. The summed E-state index contributed by atoms with van der Waals surface area (Å²) in [5.41, 5.74) is 2.86. The van der Waals surface area contributed by atoms with Gasteiger partial charge < -0.3 is 9.88 Å². The molecule has 1 aliphatic heterocycles. The van der Waals surface area contributed by atoms with Crippen molar-refractivity contribution in [3.63, 3.8) is 0 Å². The molecule has 1 atom stereocenters. The molecule has 0 saturated carbocycles. The summed E-state index contributed by atoms with van der Waals surface area (Å²) in [7, 11) is 0. The number of imidazole rings is 1. The van der Waals surface area contributed by atoms with Crippen molar-refractivity contribution < 1.29 is 0 Å². The molecule has 76 valence electrons. The summed E-state index contributed by atoms with van der Waals surface area (Å²) in [6.45, 7) is 4.58. The monoisotopic (exact) mass is 191 g/mol. The van der Waals surface area contributed by atoms with Crippen molar-refractivity contribution >= 4 is 5.95 Å². The SMILES string of the molecule is CC1CCc2c(nc3n2CCCN3)C1. The minimum Gasteiger partial charge on any atom is -0.356 e. The third kappa shape index (κ3) is 1.15. The van der Waals surface area contributed by atoms with Gasteiger partial charge in [0, 0.05) is 18.8 Å². The lowest BCUT2D eigenvalue weighted by molar-refractivity contribution is 0.475. The Morgan fingerprint density at radius 3 is 3.36 bits per heavy atom. The van der Waals surface area contributed by atoms with Gasteiger partial charge in [-0.2, -0.15) is 0 Å². The maximum atomic E-state index is 4.69. The van der Waals surface area contributed by atoms with Crippen LogP contribution in [0.4, 0.5) is 5.95 Å². The Balaban J connectivity index is 2.04. The van der Waals surface area contributed by atoms with E-state index in [-0.39, 0.29) is 0 Å². The van der Waals surface area contributed by atoms with Crippen LogP contribution in [0.15, 0.2) is 0 Å². The second-order valence-corrected chi connectivity index (χ2v) is 4.61. The fourth-order valence-electron chi connectivity index (χ4n) is 2.61. The van der Waals surface area contributed by atoms with Crippen LogP contribution in [0.5, 0.6) is 0 Å².